The van der Waals surface area contributed by atoms with E-state index in [-0.39, 0.29) is 18.4 Å². The lowest BCUT2D eigenvalue weighted by Gasteiger charge is -2.18. The van der Waals surface area contributed by atoms with Gasteiger partial charge in [0, 0.05) is 15.5 Å². The van der Waals surface area contributed by atoms with E-state index in [4.69, 9.17) is 25.8 Å². The van der Waals surface area contributed by atoms with Crippen LogP contribution in [0.15, 0.2) is 42.5 Å². The fraction of sp³-hybridized carbons (Fsp3) is 0.345. The third-order valence-corrected chi connectivity index (χ3v) is 7.84. The van der Waals surface area contributed by atoms with E-state index < -0.39 is 12.1 Å². The van der Waals surface area contributed by atoms with Crippen LogP contribution in [0.5, 0.6) is 11.5 Å². The molecule has 2 N–H and O–H groups in total. The second kappa shape index (κ2) is 12.5. The Morgan fingerprint density at radius 3 is 2.56 bits per heavy atom. The summed E-state index contributed by atoms with van der Waals surface area (Å²) in [5, 5.41) is 6.63. The van der Waals surface area contributed by atoms with E-state index >= 15 is 0 Å². The topological polar surface area (TPSA) is 103 Å². The van der Waals surface area contributed by atoms with Crippen LogP contribution in [-0.2, 0) is 22.4 Å². The first-order valence-electron chi connectivity index (χ1n) is 12.7. The first kappa shape index (κ1) is 28.4. The van der Waals surface area contributed by atoms with Crippen molar-refractivity contribution in [2.45, 2.75) is 46.1 Å². The van der Waals surface area contributed by atoms with Gasteiger partial charge >= 0.3 is 5.97 Å². The summed E-state index contributed by atoms with van der Waals surface area (Å²) in [7, 11) is 1.50. The van der Waals surface area contributed by atoms with Crippen LogP contribution >= 0.6 is 22.9 Å². The van der Waals surface area contributed by atoms with E-state index in [1.807, 2.05) is 0 Å². The number of rotatable bonds is 9. The lowest BCUT2D eigenvalue weighted by molar-refractivity contribution is -0.122. The molecule has 1 aliphatic carbocycles. The number of esters is 1. The molecule has 10 heteroatoms. The molecular weight excluding hydrogens is 540 g/mol. The zero-order valence-corrected chi connectivity index (χ0v) is 23.8. The number of thiophene rings is 1. The number of ether oxygens (including phenoxy) is 3. The second-order valence-electron chi connectivity index (χ2n) is 9.35. The summed E-state index contributed by atoms with van der Waals surface area (Å²) < 4.78 is 16.3. The largest absolute Gasteiger partial charge is 0.495 e. The van der Waals surface area contributed by atoms with Gasteiger partial charge in [0.2, 0.25) is 0 Å². The Balaban J connectivity index is 1.43. The van der Waals surface area contributed by atoms with Crippen molar-refractivity contribution in [3.8, 4) is 11.5 Å². The quantitative estimate of drug-likeness (QED) is 0.290. The van der Waals surface area contributed by atoms with Crippen molar-refractivity contribution in [1.82, 2.24) is 0 Å². The van der Waals surface area contributed by atoms with Crippen LogP contribution in [-0.4, -0.2) is 37.6 Å². The fourth-order valence-corrected chi connectivity index (χ4v) is 5.95. The van der Waals surface area contributed by atoms with E-state index in [2.05, 4.69) is 17.6 Å². The number of halogens is 1. The van der Waals surface area contributed by atoms with Gasteiger partial charge in [-0.15, -0.1) is 11.3 Å². The molecule has 4 rings (SSSR count). The molecule has 1 aliphatic rings. The molecule has 3 aromatic rings. The molecule has 206 valence electrons. The minimum absolute atomic E-state index is 0.262. The summed E-state index contributed by atoms with van der Waals surface area (Å²) in [6.45, 7) is 5.83. The Morgan fingerprint density at radius 1 is 1.13 bits per heavy atom. The van der Waals surface area contributed by atoms with Gasteiger partial charge in [-0.3, -0.25) is 9.59 Å². The zero-order chi connectivity index (χ0) is 28.1. The third kappa shape index (κ3) is 6.72. The van der Waals surface area contributed by atoms with Gasteiger partial charge in [0.05, 0.1) is 25.0 Å². The molecule has 0 unspecified atom stereocenters. The smallest absolute Gasteiger partial charge is 0.341 e. The van der Waals surface area contributed by atoms with Crippen LogP contribution in [0.4, 0.5) is 10.7 Å². The normalized spacial score (nSPS) is 15.1. The van der Waals surface area contributed by atoms with Gasteiger partial charge in [0.15, 0.2) is 6.10 Å². The summed E-state index contributed by atoms with van der Waals surface area (Å²) >= 11 is 7.48. The molecule has 0 bridgehead atoms. The molecule has 2 aromatic carbocycles. The summed E-state index contributed by atoms with van der Waals surface area (Å²) in [5.41, 5.74) is 2.27. The SMILES string of the molecule is CCOC(=O)c1c(NC(=O)c2ccc(O[C@H](C)C(=O)Nc3cc(Cl)ccc3OC)cc2)sc2c1CC[C@@H](C)C2. The van der Waals surface area contributed by atoms with Crippen molar-refractivity contribution in [3.63, 3.8) is 0 Å². The number of carbonyl (C=O) groups is 3. The molecule has 1 heterocycles. The zero-order valence-electron chi connectivity index (χ0n) is 22.3. The van der Waals surface area contributed by atoms with Gasteiger partial charge in [0.25, 0.3) is 11.8 Å². The standard InChI is InChI=1S/C29H31ClN2O6S/c1-5-37-29(35)25-21-12-6-16(2)14-24(21)39-28(25)32-27(34)18-7-10-20(11-8-18)38-17(3)26(33)31-22-15-19(30)9-13-23(22)36-4/h7-11,13,15-17H,5-6,12,14H2,1-4H3,(H,31,33)(H,32,34)/t16-,17-/m1/s1. The van der Waals surface area contributed by atoms with Crippen molar-refractivity contribution in [2.24, 2.45) is 5.92 Å². The molecule has 2 amide bonds. The Hall–Kier alpha value is -3.56. The van der Waals surface area contributed by atoms with Crippen molar-refractivity contribution in [2.75, 3.05) is 24.4 Å². The van der Waals surface area contributed by atoms with Gasteiger partial charge in [-0.05, 0) is 87.1 Å². The Morgan fingerprint density at radius 2 is 1.87 bits per heavy atom. The van der Waals surface area contributed by atoms with Crippen LogP contribution < -0.4 is 20.1 Å². The Labute approximate surface area is 236 Å². The lowest BCUT2D eigenvalue weighted by atomic mass is 9.88. The van der Waals surface area contributed by atoms with E-state index in [0.717, 1.165) is 29.7 Å². The highest BCUT2D eigenvalue weighted by Crippen LogP contribution is 2.40. The van der Waals surface area contributed by atoms with Crippen molar-refractivity contribution in [3.05, 3.63) is 69.1 Å². The van der Waals surface area contributed by atoms with Gasteiger partial charge in [-0.2, -0.15) is 0 Å². The highest BCUT2D eigenvalue weighted by atomic mass is 35.5. The fourth-order valence-electron chi connectivity index (χ4n) is 4.39. The lowest BCUT2D eigenvalue weighted by Crippen LogP contribution is -2.30. The number of hydrogen-bond donors (Lipinski definition) is 2. The molecule has 39 heavy (non-hydrogen) atoms. The first-order chi connectivity index (χ1) is 18.7. The van der Waals surface area contributed by atoms with E-state index in [1.165, 1.54) is 18.4 Å². The molecule has 2 atom stereocenters. The number of amides is 2. The van der Waals surface area contributed by atoms with E-state index in [1.54, 1.807) is 56.3 Å². The van der Waals surface area contributed by atoms with Crippen molar-refractivity contribution in [1.29, 1.82) is 0 Å². The monoisotopic (exact) mass is 570 g/mol. The van der Waals surface area contributed by atoms with Crippen molar-refractivity contribution >= 4 is 51.4 Å². The third-order valence-electron chi connectivity index (χ3n) is 6.44. The molecule has 8 nitrogen and oxygen atoms in total. The van der Waals surface area contributed by atoms with Crippen LogP contribution in [0.3, 0.4) is 0 Å². The van der Waals surface area contributed by atoms with Gasteiger partial charge in [-0.1, -0.05) is 18.5 Å². The molecule has 0 saturated heterocycles. The summed E-state index contributed by atoms with van der Waals surface area (Å²) in [6, 6.07) is 11.4. The number of anilines is 2. The first-order valence-corrected chi connectivity index (χ1v) is 13.9. The number of fused-ring (bicyclic) bond motifs is 1. The van der Waals surface area contributed by atoms with Gasteiger partial charge in [0.1, 0.15) is 16.5 Å². The minimum atomic E-state index is -0.833. The molecular formula is C29H31ClN2O6S. The number of nitrogens with one attached hydrogen (secondary N) is 2. The van der Waals surface area contributed by atoms with Crippen molar-refractivity contribution < 1.29 is 28.6 Å². The number of methoxy groups -OCH3 is 1. The molecule has 1 aromatic heterocycles. The predicted molar refractivity (Wildman–Crippen MR) is 153 cm³/mol. The number of hydrogen-bond acceptors (Lipinski definition) is 7. The Kier molecular flexibility index (Phi) is 9.14. The molecule has 0 radical (unpaired) electrons. The van der Waals surface area contributed by atoms with E-state index in [0.29, 0.717) is 44.3 Å². The average Bonchev–Trinajstić information content (AvgIpc) is 3.26. The van der Waals surface area contributed by atoms with E-state index in [9.17, 15) is 14.4 Å². The summed E-state index contributed by atoms with van der Waals surface area (Å²) in [5.74, 6) is 0.269. The molecule has 0 spiro atoms. The molecule has 0 aliphatic heterocycles. The summed E-state index contributed by atoms with van der Waals surface area (Å²) in [6.07, 6.45) is 1.83. The number of benzene rings is 2. The van der Waals surface area contributed by atoms with Gasteiger partial charge in [-0.25, -0.2) is 4.79 Å². The Bertz CT molecular complexity index is 1370. The maximum atomic E-state index is 13.1. The highest BCUT2D eigenvalue weighted by molar-refractivity contribution is 7.17. The van der Waals surface area contributed by atoms with Crippen LogP contribution in [0.1, 0.15) is 58.3 Å². The minimum Gasteiger partial charge on any atom is -0.495 e. The molecule has 0 fully saturated rings. The maximum Gasteiger partial charge on any atom is 0.341 e. The molecule has 0 saturated carbocycles. The van der Waals surface area contributed by atoms with Crippen LogP contribution in [0.25, 0.3) is 0 Å². The average molecular weight is 571 g/mol. The highest BCUT2D eigenvalue weighted by Gasteiger charge is 2.29. The van der Waals surface area contributed by atoms with Gasteiger partial charge < -0.3 is 24.8 Å². The number of carbonyl (C=O) groups excluding carboxylic acids is 3. The maximum absolute atomic E-state index is 13.1. The second-order valence-corrected chi connectivity index (χ2v) is 10.9. The van der Waals surface area contributed by atoms with Crippen LogP contribution in [0, 0.1) is 5.92 Å². The summed E-state index contributed by atoms with van der Waals surface area (Å²) in [4.78, 5) is 39.6. The van der Waals surface area contributed by atoms with Crippen LogP contribution in [0.2, 0.25) is 5.02 Å². The predicted octanol–water partition coefficient (Wildman–Crippen LogP) is 6.37.